The largest absolute Gasteiger partial charge is 0.496 e. The van der Waals surface area contributed by atoms with Gasteiger partial charge in [-0.2, -0.15) is 0 Å². The normalized spacial score (nSPS) is 17.2. The summed E-state index contributed by atoms with van der Waals surface area (Å²) in [5.41, 5.74) is 1.56. The molecule has 0 bridgehead atoms. The van der Waals surface area contributed by atoms with Gasteiger partial charge in [0.2, 0.25) is 0 Å². The molecule has 1 atom stereocenters. The van der Waals surface area contributed by atoms with Crippen LogP contribution in [0.25, 0.3) is 27.4 Å². The topological polar surface area (TPSA) is 60.9 Å². The number of ether oxygens (including phenoxy) is 2. The lowest BCUT2D eigenvalue weighted by molar-refractivity contribution is 0.278. The molecule has 1 fully saturated rings. The number of imidazole rings is 1. The van der Waals surface area contributed by atoms with Crippen molar-refractivity contribution < 1.29 is 13.9 Å². The van der Waals surface area contributed by atoms with Crippen LogP contribution in [0.1, 0.15) is 17.7 Å². The van der Waals surface area contributed by atoms with Crippen molar-refractivity contribution in [2.45, 2.75) is 25.8 Å². The number of benzene rings is 1. The molecule has 4 heterocycles. The fraction of sp³-hybridized carbons (Fsp3) is 0.350. The fourth-order valence-electron chi connectivity index (χ4n) is 3.57. The van der Waals surface area contributed by atoms with E-state index >= 15 is 0 Å². The van der Waals surface area contributed by atoms with Gasteiger partial charge < -0.3 is 19.2 Å². The summed E-state index contributed by atoms with van der Waals surface area (Å²) in [6.07, 6.45) is 6.42. The number of nitrogens with one attached hydrogen (secondary N) is 1. The number of hydrogen-bond acceptors (Lipinski definition) is 6. The number of furan rings is 1. The summed E-state index contributed by atoms with van der Waals surface area (Å²) in [5.74, 6) is 2.24. The molecule has 1 N–H and O–H groups in total. The van der Waals surface area contributed by atoms with Crippen LogP contribution in [0.4, 0.5) is 0 Å². The Bertz CT molecular complexity index is 1070. The molecule has 0 spiro atoms. The van der Waals surface area contributed by atoms with Gasteiger partial charge in [-0.15, -0.1) is 11.3 Å². The highest BCUT2D eigenvalue weighted by atomic mass is 32.1. The molecule has 1 saturated heterocycles. The fourth-order valence-corrected chi connectivity index (χ4v) is 4.37. The van der Waals surface area contributed by atoms with Gasteiger partial charge in [0.1, 0.15) is 29.4 Å². The van der Waals surface area contributed by atoms with Crippen LogP contribution in [0.15, 0.2) is 35.0 Å². The molecule has 1 aliphatic rings. The van der Waals surface area contributed by atoms with Gasteiger partial charge in [-0.3, -0.25) is 4.40 Å². The molecule has 0 radical (unpaired) electrons. The molecule has 27 heavy (non-hydrogen) atoms. The number of aryl methyl sites for hydroxylation is 1. The molecule has 1 aromatic carbocycles. The van der Waals surface area contributed by atoms with Crippen LogP contribution in [0.5, 0.6) is 11.5 Å². The highest BCUT2D eigenvalue weighted by molar-refractivity contribution is 7.17. The highest BCUT2D eigenvalue weighted by Crippen LogP contribution is 2.37. The second-order valence-corrected chi connectivity index (χ2v) is 8.12. The van der Waals surface area contributed by atoms with Crippen molar-refractivity contribution in [1.82, 2.24) is 14.7 Å². The average Bonchev–Trinajstić information content (AvgIpc) is 3.41. The minimum atomic E-state index is 0.404. The molecule has 0 unspecified atom stereocenters. The molecule has 4 aromatic rings. The lowest BCUT2D eigenvalue weighted by Crippen LogP contribution is -2.28. The zero-order valence-electron chi connectivity index (χ0n) is 15.3. The first-order valence-corrected chi connectivity index (χ1v) is 9.94. The number of hydrogen-bond donors (Lipinski definition) is 1. The zero-order valence-corrected chi connectivity index (χ0v) is 16.1. The van der Waals surface area contributed by atoms with Crippen molar-refractivity contribution in [2.75, 3.05) is 20.3 Å². The van der Waals surface area contributed by atoms with Gasteiger partial charge in [-0.25, -0.2) is 4.98 Å². The SMILES string of the molecule is COc1cc(OC[C@@H]2CCCN2)c2cc(-c3cn4cc(C)sc4n3)oc2c1. The van der Waals surface area contributed by atoms with Gasteiger partial charge in [0, 0.05) is 35.4 Å². The zero-order chi connectivity index (χ0) is 18.4. The Morgan fingerprint density at radius 3 is 3.04 bits per heavy atom. The number of aromatic nitrogens is 2. The van der Waals surface area contributed by atoms with E-state index in [0.29, 0.717) is 12.6 Å². The number of rotatable bonds is 5. The van der Waals surface area contributed by atoms with Crippen molar-refractivity contribution >= 4 is 27.3 Å². The van der Waals surface area contributed by atoms with Gasteiger partial charge in [0.05, 0.1) is 12.5 Å². The Labute approximate surface area is 160 Å². The van der Waals surface area contributed by atoms with E-state index in [4.69, 9.17) is 13.9 Å². The summed E-state index contributed by atoms with van der Waals surface area (Å²) < 4.78 is 19.7. The highest BCUT2D eigenvalue weighted by Gasteiger charge is 2.18. The van der Waals surface area contributed by atoms with E-state index in [1.165, 1.54) is 11.3 Å². The summed E-state index contributed by atoms with van der Waals surface area (Å²) >= 11 is 1.66. The molecule has 0 saturated carbocycles. The molecule has 0 amide bonds. The first-order chi connectivity index (χ1) is 13.2. The predicted molar refractivity (Wildman–Crippen MR) is 106 cm³/mol. The van der Waals surface area contributed by atoms with Crippen LogP contribution in [-0.2, 0) is 0 Å². The molecular formula is C20H21N3O3S. The first kappa shape index (κ1) is 16.6. The molecule has 1 aliphatic heterocycles. The van der Waals surface area contributed by atoms with E-state index in [9.17, 15) is 0 Å². The molecule has 5 rings (SSSR count). The molecule has 140 valence electrons. The third-order valence-electron chi connectivity index (χ3n) is 4.94. The summed E-state index contributed by atoms with van der Waals surface area (Å²) in [6, 6.07) is 6.22. The summed E-state index contributed by atoms with van der Waals surface area (Å²) in [5, 5.41) is 4.40. The van der Waals surface area contributed by atoms with Crippen molar-refractivity contribution in [3.8, 4) is 23.0 Å². The molecule has 6 nitrogen and oxygen atoms in total. The summed E-state index contributed by atoms with van der Waals surface area (Å²) in [7, 11) is 1.65. The lowest BCUT2D eigenvalue weighted by Gasteiger charge is -2.13. The van der Waals surface area contributed by atoms with E-state index in [0.717, 1.165) is 51.8 Å². The van der Waals surface area contributed by atoms with Crippen LogP contribution < -0.4 is 14.8 Å². The van der Waals surface area contributed by atoms with E-state index < -0.39 is 0 Å². The van der Waals surface area contributed by atoms with E-state index in [-0.39, 0.29) is 0 Å². The Morgan fingerprint density at radius 2 is 2.26 bits per heavy atom. The number of methoxy groups -OCH3 is 1. The minimum Gasteiger partial charge on any atom is -0.496 e. The average molecular weight is 383 g/mol. The monoisotopic (exact) mass is 383 g/mol. The van der Waals surface area contributed by atoms with Crippen LogP contribution >= 0.6 is 11.3 Å². The Hall–Kier alpha value is -2.51. The summed E-state index contributed by atoms with van der Waals surface area (Å²) in [6.45, 7) is 3.78. The number of thiazole rings is 1. The molecule has 0 aliphatic carbocycles. The van der Waals surface area contributed by atoms with E-state index in [2.05, 4.69) is 23.4 Å². The Morgan fingerprint density at radius 1 is 1.33 bits per heavy atom. The van der Waals surface area contributed by atoms with Crippen molar-refractivity contribution in [2.24, 2.45) is 0 Å². The van der Waals surface area contributed by atoms with Gasteiger partial charge >= 0.3 is 0 Å². The first-order valence-electron chi connectivity index (χ1n) is 9.13. The van der Waals surface area contributed by atoms with Crippen molar-refractivity contribution in [3.63, 3.8) is 0 Å². The van der Waals surface area contributed by atoms with Gasteiger partial charge in [0.25, 0.3) is 0 Å². The van der Waals surface area contributed by atoms with Crippen LogP contribution in [0.3, 0.4) is 0 Å². The van der Waals surface area contributed by atoms with Crippen LogP contribution in [0.2, 0.25) is 0 Å². The smallest absolute Gasteiger partial charge is 0.194 e. The predicted octanol–water partition coefficient (Wildman–Crippen LogP) is 4.26. The third-order valence-corrected chi connectivity index (χ3v) is 5.85. The minimum absolute atomic E-state index is 0.404. The molecule has 3 aromatic heterocycles. The quantitative estimate of drug-likeness (QED) is 0.558. The van der Waals surface area contributed by atoms with Crippen LogP contribution in [0, 0.1) is 6.92 Å². The van der Waals surface area contributed by atoms with E-state index in [1.807, 2.05) is 28.8 Å². The maximum Gasteiger partial charge on any atom is 0.194 e. The van der Waals surface area contributed by atoms with Crippen LogP contribution in [-0.4, -0.2) is 35.7 Å². The number of fused-ring (bicyclic) bond motifs is 2. The maximum atomic E-state index is 6.13. The van der Waals surface area contributed by atoms with E-state index in [1.54, 1.807) is 18.4 Å². The van der Waals surface area contributed by atoms with Gasteiger partial charge in [0.15, 0.2) is 10.7 Å². The third kappa shape index (κ3) is 3.07. The molecule has 7 heteroatoms. The maximum absolute atomic E-state index is 6.13. The second-order valence-electron chi connectivity index (χ2n) is 6.91. The Balaban J connectivity index is 1.52. The van der Waals surface area contributed by atoms with Gasteiger partial charge in [-0.1, -0.05) is 0 Å². The van der Waals surface area contributed by atoms with Crippen molar-refractivity contribution in [1.29, 1.82) is 0 Å². The van der Waals surface area contributed by atoms with Crippen molar-refractivity contribution in [3.05, 3.63) is 35.5 Å². The number of nitrogens with zero attached hydrogens (tertiary/aromatic N) is 2. The molecular weight excluding hydrogens is 362 g/mol. The summed E-state index contributed by atoms with van der Waals surface area (Å²) in [4.78, 5) is 6.88. The Kier molecular flexibility index (Phi) is 4.06. The van der Waals surface area contributed by atoms with Gasteiger partial charge in [-0.05, 0) is 32.4 Å². The lowest BCUT2D eigenvalue weighted by atomic mass is 10.2. The second kappa shape index (κ2) is 6.58. The standard InChI is InChI=1S/C20H21N3O3S/c1-12-9-23-10-16(22-20(23)27-12)19-8-15-17(25-11-13-4-3-5-21-13)6-14(24-2)7-18(15)26-19/h6-10,13,21H,3-5,11H2,1-2H3/t13-/m0/s1.